The molecule has 0 radical (unpaired) electrons. The summed E-state index contributed by atoms with van der Waals surface area (Å²) in [5.41, 5.74) is 5.87. The number of amides is 1. The van der Waals surface area contributed by atoms with Crippen molar-refractivity contribution in [3.63, 3.8) is 0 Å². The number of nitrogens with one attached hydrogen (secondary N) is 1. The van der Waals surface area contributed by atoms with Gasteiger partial charge in [-0.2, -0.15) is 0 Å². The van der Waals surface area contributed by atoms with E-state index in [2.05, 4.69) is 27.1 Å². The Bertz CT molecular complexity index is 476. The van der Waals surface area contributed by atoms with E-state index in [1.54, 1.807) is 0 Å². The maximum absolute atomic E-state index is 12.0. The number of anilines is 2. The molecule has 0 unspecified atom stereocenters. The lowest BCUT2D eigenvalue weighted by Gasteiger charge is -2.31. The lowest BCUT2D eigenvalue weighted by molar-refractivity contribution is 0.0956. The van der Waals surface area contributed by atoms with Gasteiger partial charge in [0.25, 0.3) is 5.91 Å². The van der Waals surface area contributed by atoms with Crippen molar-refractivity contribution in [3.8, 4) is 0 Å². The fourth-order valence-corrected chi connectivity index (χ4v) is 3.03. The summed E-state index contributed by atoms with van der Waals surface area (Å²) in [5, 5.41) is 3.83. The molecule has 0 aromatic carbocycles. The van der Waals surface area contributed by atoms with E-state index < -0.39 is 0 Å². The van der Waals surface area contributed by atoms with Gasteiger partial charge in [0.2, 0.25) is 0 Å². The average molecular weight is 281 g/mol. The minimum atomic E-state index is -0.0714. The van der Waals surface area contributed by atoms with Crippen LogP contribution in [0.3, 0.4) is 0 Å². The molecular formula is C12H19N5OS. The van der Waals surface area contributed by atoms with E-state index >= 15 is 0 Å². The SMILES string of the molecule is CN1CCN(c2nc(N)c(C(=O)NC3CC3)s2)CC1. The molecule has 1 aliphatic heterocycles. The van der Waals surface area contributed by atoms with Crippen molar-refractivity contribution in [3.05, 3.63) is 4.88 Å². The fraction of sp³-hybridized carbons (Fsp3) is 0.667. The van der Waals surface area contributed by atoms with Crippen molar-refractivity contribution >= 4 is 28.2 Å². The second-order valence-electron chi connectivity index (χ2n) is 5.25. The molecule has 3 rings (SSSR count). The lowest BCUT2D eigenvalue weighted by Crippen LogP contribution is -2.44. The van der Waals surface area contributed by atoms with Crippen LogP contribution in [0, 0.1) is 0 Å². The number of nitrogen functional groups attached to an aromatic ring is 1. The van der Waals surface area contributed by atoms with Gasteiger partial charge >= 0.3 is 0 Å². The minimum Gasteiger partial charge on any atom is -0.382 e. The Morgan fingerprint density at radius 3 is 2.68 bits per heavy atom. The van der Waals surface area contributed by atoms with Crippen LogP contribution in [0.5, 0.6) is 0 Å². The van der Waals surface area contributed by atoms with Gasteiger partial charge in [-0.25, -0.2) is 4.98 Å². The van der Waals surface area contributed by atoms with Gasteiger partial charge in [0.15, 0.2) is 5.13 Å². The maximum atomic E-state index is 12.0. The standard InChI is InChI=1S/C12H19N5OS/c1-16-4-6-17(7-5-16)12-15-10(13)9(19-12)11(18)14-8-2-3-8/h8H,2-7,13H2,1H3,(H,14,18). The van der Waals surface area contributed by atoms with Crippen LogP contribution in [0.4, 0.5) is 10.9 Å². The highest BCUT2D eigenvalue weighted by Gasteiger charge is 2.27. The van der Waals surface area contributed by atoms with Crippen LogP contribution in [0.25, 0.3) is 0 Å². The summed E-state index contributed by atoms with van der Waals surface area (Å²) in [7, 11) is 2.11. The first-order valence-electron chi connectivity index (χ1n) is 6.64. The molecule has 104 valence electrons. The zero-order valence-corrected chi connectivity index (χ0v) is 11.9. The second-order valence-corrected chi connectivity index (χ2v) is 6.23. The van der Waals surface area contributed by atoms with Gasteiger partial charge in [-0.15, -0.1) is 0 Å². The van der Waals surface area contributed by atoms with E-state index in [0.29, 0.717) is 16.7 Å². The predicted molar refractivity (Wildman–Crippen MR) is 76.7 cm³/mol. The fourth-order valence-electron chi connectivity index (χ4n) is 2.09. The molecule has 19 heavy (non-hydrogen) atoms. The average Bonchev–Trinajstić information content (AvgIpc) is 3.11. The predicted octanol–water partition coefficient (Wildman–Crippen LogP) is 0.369. The first-order chi connectivity index (χ1) is 9.13. The molecule has 3 N–H and O–H groups in total. The summed E-state index contributed by atoms with van der Waals surface area (Å²) in [6, 6.07) is 0.348. The molecule has 1 saturated heterocycles. The van der Waals surface area contributed by atoms with Crippen LogP contribution in [0.1, 0.15) is 22.5 Å². The first-order valence-corrected chi connectivity index (χ1v) is 7.46. The number of carbonyl (C=O) groups is 1. The largest absolute Gasteiger partial charge is 0.382 e. The molecule has 0 bridgehead atoms. The van der Waals surface area contributed by atoms with Gasteiger partial charge in [-0.3, -0.25) is 4.79 Å². The van der Waals surface area contributed by atoms with Crippen molar-refractivity contribution in [1.82, 2.24) is 15.2 Å². The van der Waals surface area contributed by atoms with Crippen LogP contribution in [0.15, 0.2) is 0 Å². The van der Waals surface area contributed by atoms with Crippen LogP contribution in [0.2, 0.25) is 0 Å². The Morgan fingerprint density at radius 2 is 2.05 bits per heavy atom. The molecule has 2 aliphatic rings. The summed E-state index contributed by atoms with van der Waals surface area (Å²) in [6.07, 6.45) is 2.16. The molecule has 1 aromatic rings. The summed E-state index contributed by atoms with van der Waals surface area (Å²) in [4.78, 5) is 21.4. The molecule has 2 fully saturated rings. The number of hydrogen-bond donors (Lipinski definition) is 2. The number of aromatic nitrogens is 1. The summed E-state index contributed by atoms with van der Waals surface area (Å²) in [6.45, 7) is 3.91. The van der Waals surface area contributed by atoms with E-state index in [1.807, 2.05) is 0 Å². The van der Waals surface area contributed by atoms with E-state index in [4.69, 9.17) is 5.73 Å². The van der Waals surface area contributed by atoms with Crippen molar-refractivity contribution < 1.29 is 4.79 Å². The zero-order chi connectivity index (χ0) is 13.4. The zero-order valence-electron chi connectivity index (χ0n) is 11.1. The minimum absolute atomic E-state index is 0.0714. The number of piperazine rings is 1. The molecule has 1 amide bonds. The second kappa shape index (κ2) is 4.97. The Hall–Kier alpha value is -1.34. The topological polar surface area (TPSA) is 74.5 Å². The number of thiazole rings is 1. The molecule has 7 heteroatoms. The van der Waals surface area contributed by atoms with Crippen LogP contribution < -0.4 is 16.0 Å². The summed E-state index contributed by atoms with van der Waals surface area (Å²) >= 11 is 1.40. The Kier molecular flexibility index (Phi) is 3.32. The number of likely N-dealkylation sites (N-methyl/N-ethyl adjacent to an activating group) is 1. The number of nitrogens with two attached hydrogens (primary N) is 1. The van der Waals surface area contributed by atoms with Crippen LogP contribution in [-0.4, -0.2) is 55.1 Å². The smallest absolute Gasteiger partial charge is 0.265 e. The van der Waals surface area contributed by atoms with Crippen LogP contribution >= 0.6 is 11.3 Å². The third kappa shape index (κ3) is 2.82. The van der Waals surface area contributed by atoms with Crippen molar-refractivity contribution in [1.29, 1.82) is 0 Å². The Morgan fingerprint density at radius 1 is 1.37 bits per heavy atom. The van der Waals surface area contributed by atoms with E-state index in [1.165, 1.54) is 11.3 Å². The van der Waals surface area contributed by atoms with Gasteiger partial charge in [0, 0.05) is 32.2 Å². The molecule has 1 aliphatic carbocycles. The molecule has 0 spiro atoms. The molecule has 2 heterocycles. The Labute approximate surface area is 116 Å². The number of rotatable bonds is 3. The van der Waals surface area contributed by atoms with Gasteiger partial charge in [-0.1, -0.05) is 11.3 Å². The van der Waals surface area contributed by atoms with E-state index in [0.717, 1.165) is 44.2 Å². The number of hydrogen-bond acceptors (Lipinski definition) is 6. The molecule has 0 atom stereocenters. The Balaban J connectivity index is 1.71. The monoisotopic (exact) mass is 281 g/mol. The van der Waals surface area contributed by atoms with E-state index in [9.17, 15) is 4.79 Å². The molecular weight excluding hydrogens is 262 g/mol. The summed E-state index contributed by atoms with van der Waals surface area (Å²) in [5.74, 6) is 0.287. The van der Waals surface area contributed by atoms with Crippen molar-refractivity contribution in [2.24, 2.45) is 0 Å². The van der Waals surface area contributed by atoms with Gasteiger partial charge in [0.05, 0.1) is 0 Å². The number of carbonyl (C=O) groups excluding carboxylic acids is 1. The highest BCUT2D eigenvalue weighted by Crippen LogP contribution is 2.29. The van der Waals surface area contributed by atoms with E-state index in [-0.39, 0.29) is 5.91 Å². The normalized spacial score (nSPS) is 20.6. The van der Waals surface area contributed by atoms with Gasteiger partial charge in [0.1, 0.15) is 10.7 Å². The molecule has 1 aromatic heterocycles. The third-order valence-electron chi connectivity index (χ3n) is 3.53. The quantitative estimate of drug-likeness (QED) is 0.837. The maximum Gasteiger partial charge on any atom is 0.265 e. The van der Waals surface area contributed by atoms with Gasteiger partial charge < -0.3 is 20.9 Å². The highest BCUT2D eigenvalue weighted by molar-refractivity contribution is 7.18. The molecule has 1 saturated carbocycles. The van der Waals surface area contributed by atoms with Gasteiger partial charge in [-0.05, 0) is 19.9 Å². The lowest BCUT2D eigenvalue weighted by atomic mass is 10.3. The summed E-state index contributed by atoms with van der Waals surface area (Å²) < 4.78 is 0. The number of nitrogens with zero attached hydrogens (tertiary/aromatic N) is 3. The first kappa shape index (κ1) is 12.7. The highest BCUT2D eigenvalue weighted by atomic mass is 32.1. The third-order valence-corrected chi connectivity index (χ3v) is 4.67. The van der Waals surface area contributed by atoms with Crippen LogP contribution in [-0.2, 0) is 0 Å². The molecule has 6 nitrogen and oxygen atoms in total. The van der Waals surface area contributed by atoms with Crippen molar-refractivity contribution in [2.45, 2.75) is 18.9 Å². The van der Waals surface area contributed by atoms with Crippen molar-refractivity contribution in [2.75, 3.05) is 43.9 Å².